The molecule has 2 heteroatoms. The number of allylic oxidation sites excluding steroid dienone is 2. The van der Waals surface area contributed by atoms with E-state index >= 15 is 0 Å². The van der Waals surface area contributed by atoms with Crippen molar-refractivity contribution < 1.29 is 9.90 Å². The number of hydrogen-bond acceptors (Lipinski definition) is 1. The van der Waals surface area contributed by atoms with Crippen LogP contribution >= 0.6 is 0 Å². The van der Waals surface area contributed by atoms with E-state index in [1.165, 1.54) is 56.9 Å². The van der Waals surface area contributed by atoms with Gasteiger partial charge in [0.2, 0.25) is 0 Å². The first-order valence-corrected chi connectivity index (χ1v) is 8.41. The quantitative estimate of drug-likeness (QED) is 0.777. The third-order valence-electron chi connectivity index (χ3n) is 6.53. The number of carbonyl (C=O) groups is 1. The standard InChI is InChI=1S/C18H24O2/c19-18(20)16-10-7-12-6-8-14-13-4-2-1-3-11(13)5-9-15(14)17(12)16/h7,10-15H,1-6,8-9H2,(H,19,20). The number of carboxylic acids is 1. The molecule has 4 aliphatic carbocycles. The highest BCUT2D eigenvalue weighted by Gasteiger charge is 2.46. The van der Waals surface area contributed by atoms with Crippen LogP contribution in [-0.2, 0) is 4.79 Å². The molecule has 4 aliphatic rings. The number of carboxylic acid groups (broad SMARTS) is 1. The Bertz CT molecular complexity index is 488. The van der Waals surface area contributed by atoms with E-state index in [0.717, 1.165) is 17.8 Å². The van der Waals surface area contributed by atoms with Gasteiger partial charge in [-0.15, -0.1) is 0 Å². The zero-order chi connectivity index (χ0) is 13.7. The molecule has 4 rings (SSSR count). The summed E-state index contributed by atoms with van der Waals surface area (Å²) in [5.74, 6) is 2.95. The molecular weight excluding hydrogens is 248 g/mol. The number of fused-ring (bicyclic) bond motifs is 5. The van der Waals surface area contributed by atoms with Crippen LogP contribution in [0.15, 0.2) is 23.3 Å². The molecule has 0 bridgehead atoms. The molecular formula is C18H24O2. The van der Waals surface area contributed by atoms with E-state index in [-0.39, 0.29) is 0 Å². The normalized spacial score (nSPS) is 42.9. The Morgan fingerprint density at radius 3 is 2.70 bits per heavy atom. The van der Waals surface area contributed by atoms with Crippen LogP contribution in [0.4, 0.5) is 0 Å². The molecule has 20 heavy (non-hydrogen) atoms. The Labute approximate surface area is 120 Å². The van der Waals surface area contributed by atoms with Gasteiger partial charge in [0.1, 0.15) is 0 Å². The fourth-order valence-corrected chi connectivity index (χ4v) is 5.77. The summed E-state index contributed by atoms with van der Waals surface area (Å²) >= 11 is 0. The molecule has 0 amide bonds. The molecule has 0 aromatic carbocycles. The maximum atomic E-state index is 11.5. The van der Waals surface area contributed by atoms with Gasteiger partial charge in [-0.25, -0.2) is 4.79 Å². The molecule has 2 nitrogen and oxygen atoms in total. The molecule has 5 unspecified atom stereocenters. The summed E-state index contributed by atoms with van der Waals surface area (Å²) in [5, 5.41) is 9.47. The van der Waals surface area contributed by atoms with Gasteiger partial charge in [-0.1, -0.05) is 31.4 Å². The summed E-state index contributed by atoms with van der Waals surface area (Å²) < 4.78 is 0. The van der Waals surface area contributed by atoms with Crippen LogP contribution in [-0.4, -0.2) is 11.1 Å². The number of rotatable bonds is 1. The molecule has 5 atom stereocenters. The smallest absolute Gasteiger partial charge is 0.335 e. The Morgan fingerprint density at radius 2 is 1.85 bits per heavy atom. The Kier molecular flexibility index (Phi) is 3.01. The number of hydrogen-bond donors (Lipinski definition) is 1. The average Bonchev–Trinajstić information content (AvgIpc) is 2.91. The lowest BCUT2D eigenvalue weighted by Gasteiger charge is -2.50. The van der Waals surface area contributed by atoms with Crippen molar-refractivity contribution in [3.8, 4) is 0 Å². The largest absolute Gasteiger partial charge is 0.478 e. The fraction of sp³-hybridized carbons (Fsp3) is 0.722. The average molecular weight is 272 g/mol. The first-order valence-electron chi connectivity index (χ1n) is 8.41. The zero-order valence-electron chi connectivity index (χ0n) is 12.1. The first kappa shape index (κ1) is 12.7. The third kappa shape index (κ3) is 1.80. The minimum atomic E-state index is -0.704. The maximum Gasteiger partial charge on any atom is 0.335 e. The molecule has 0 spiro atoms. The van der Waals surface area contributed by atoms with Crippen molar-refractivity contribution in [2.75, 3.05) is 0 Å². The lowest BCUT2D eigenvalue weighted by Crippen LogP contribution is -2.41. The van der Waals surface area contributed by atoms with Crippen LogP contribution in [0.5, 0.6) is 0 Å². The minimum absolute atomic E-state index is 0.447. The maximum absolute atomic E-state index is 11.5. The molecule has 0 heterocycles. The van der Waals surface area contributed by atoms with Gasteiger partial charge in [0.05, 0.1) is 5.57 Å². The molecule has 0 aliphatic heterocycles. The highest BCUT2D eigenvalue weighted by Crippen LogP contribution is 2.56. The topological polar surface area (TPSA) is 37.3 Å². The van der Waals surface area contributed by atoms with Gasteiger partial charge in [0.25, 0.3) is 0 Å². The van der Waals surface area contributed by atoms with Gasteiger partial charge in [0.15, 0.2) is 0 Å². The Balaban J connectivity index is 1.67. The summed E-state index contributed by atoms with van der Waals surface area (Å²) in [6.07, 6.45) is 14.8. The van der Waals surface area contributed by atoms with Gasteiger partial charge >= 0.3 is 5.97 Å². The van der Waals surface area contributed by atoms with Gasteiger partial charge in [-0.05, 0) is 67.3 Å². The molecule has 3 saturated carbocycles. The second-order valence-electron chi connectivity index (χ2n) is 7.27. The highest BCUT2D eigenvalue weighted by molar-refractivity contribution is 5.92. The molecule has 0 aromatic rings. The molecule has 0 aromatic heterocycles. The fourth-order valence-electron chi connectivity index (χ4n) is 5.77. The van der Waals surface area contributed by atoms with E-state index < -0.39 is 5.97 Å². The van der Waals surface area contributed by atoms with E-state index in [4.69, 9.17) is 0 Å². The second-order valence-corrected chi connectivity index (χ2v) is 7.27. The van der Waals surface area contributed by atoms with Crippen molar-refractivity contribution in [1.82, 2.24) is 0 Å². The predicted molar refractivity (Wildman–Crippen MR) is 78.2 cm³/mol. The van der Waals surface area contributed by atoms with Crippen LogP contribution in [0.25, 0.3) is 0 Å². The minimum Gasteiger partial charge on any atom is -0.478 e. The Hall–Kier alpha value is -1.05. The van der Waals surface area contributed by atoms with E-state index in [1.807, 2.05) is 6.08 Å². The van der Waals surface area contributed by atoms with Crippen LogP contribution in [0.3, 0.4) is 0 Å². The van der Waals surface area contributed by atoms with Crippen molar-refractivity contribution >= 4 is 5.97 Å². The molecule has 0 saturated heterocycles. The van der Waals surface area contributed by atoms with Crippen molar-refractivity contribution in [2.24, 2.45) is 29.6 Å². The summed E-state index contributed by atoms with van der Waals surface area (Å²) in [5.41, 5.74) is 1.94. The van der Waals surface area contributed by atoms with Crippen molar-refractivity contribution in [3.63, 3.8) is 0 Å². The Morgan fingerprint density at radius 1 is 1.00 bits per heavy atom. The molecule has 1 N–H and O–H groups in total. The predicted octanol–water partition coefficient (Wildman–Crippen LogP) is 4.18. The molecule has 0 radical (unpaired) electrons. The summed E-state index contributed by atoms with van der Waals surface area (Å²) in [4.78, 5) is 11.5. The van der Waals surface area contributed by atoms with E-state index in [2.05, 4.69) is 6.08 Å². The molecule has 3 fully saturated rings. The lowest BCUT2D eigenvalue weighted by atomic mass is 9.55. The van der Waals surface area contributed by atoms with Crippen molar-refractivity contribution in [2.45, 2.75) is 51.4 Å². The third-order valence-corrected chi connectivity index (χ3v) is 6.53. The monoisotopic (exact) mass is 272 g/mol. The van der Waals surface area contributed by atoms with Crippen LogP contribution in [0.2, 0.25) is 0 Å². The van der Waals surface area contributed by atoms with Gasteiger partial charge < -0.3 is 5.11 Å². The lowest BCUT2D eigenvalue weighted by molar-refractivity contribution is -0.132. The summed E-state index contributed by atoms with van der Waals surface area (Å²) in [7, 11) is 0. The summed E-state index contributed by atoms with van der Waals surface area (Å²) in [6.45, 7) is 0. The zero-order valence-corrected chi connectivity index (χ0v) is 12.1. The highest BCUT2D eigenvalue weighted by atomic mass is 16.4. The van der Waals surface area contributed by atoms with Crippen molar-refractivity contribution in [3.05, 3.63) is 23.3 Å². The van der Waals surface area contributed by atoms with Gasteiger partial charge in [-0.3, -0.25) is 0 Å². The van der Waals surface area contributed by atoms with E-state index in [9.17, 15) is 9.90 Å². The van der Waals surface area contributed by atoms with Gasteiger partial charge in [0, 0.05) is 0 Å². The van der Waals surface area contributed by atoms with Crippen molar-refractivity contribution in [1.29, 1.82) is 0 Å². The number of aliphatic carboxylic acids is 1. The van der Waals surface area contributed by atoms with E-state index in [1.54, 1.807) is 0 Å². The first-order chi connectivity index (χ1) is 9.75. The van der Waals surface area contributed by atoms with Crippen LogP contribution in [0, 0.1) is 29.6 Å². The van der Waals surface area contributed by atoms with Gasteiger partial charge in [-0.2, -0.15) is 0 Å². The molecule has 108 valence electrons. The second kappa shape index (κ2) is 4.75. The SMILES string of the molecule is O=C(O)C1=C2C(C=C1)CCC1C2CCC2CCCCC21. The van der Waals surface area contributed by atoms with Crippen LogP contribution < -0.4 is 0 Å². The van der Waals surface area contributed by atoms with Crippen LogP contribution in [0.1, 0.15) is 51.4 Å². The van der Waals surface area contributed by atoms with E-state index in [0.29, 0.717) is 17.4 Å². The summed E-state index contributed by atoms with van der Waals surface area (Å²) in [6, 6.07) is 0.